The summed E-state index contributed by atoms with van der Waals surface area (Å²) in [6.07, 6.45) is 0. The van der Waals surface area contributed by atoms with E-state index in [1.165, 1.54) is 23.7 Å². The number of hydrogen-bond donors (Lipinski definition) is 1. The van der Waals surface area contributed by atoms with Crippen LogP contribution in [0.5, 0.6) is 11.5 Å². The third-order valence-corrected chi connectivity index (χ3v) is 4.76. The van der Waals surface area contributed by atoms with Gasteiger partial charge in [0.15, 0.2) is 0 Å². The van der Waals surface area contributed by atoms with Gasteiger partial charge in [-0.1, -0.05) is 12.1 Å². The van der Waals surface area contributed by atoms with Gasteiger partial charge in [0.2, 0.25) is 0 Å². The number of rotatable bonds is 6. The summed E-state index contributed by atoms with van der Waals surface area (Å²) >= 11 is 1.32. The molecule has 7 nitrogen and oxygen atoms in total. The largest absolute Gasteiger partial charge is 0.457 e. The Labute approximate surface area is 159 Å². The van der Waals surface area contributed by atoms with Gasteiger partial charge in [-0.2, -0.15) is 4.37 Å². The first-order valence-corrected chi connectivity index (χ1v) is 8.93. The first-order chi connectivity index (χ1) is 12.9. The molecular formula is C19H17N3O4S. The van der Waals surface area contributed by atoms with Crippen LogP contribution < -0.4 is 10.1 Å². The van der Waals surface area contributed by atoms with Gasteiger partial charge in [0.1, 0.15) is 11.5 Å². The van der Waals surface area contributed by atoms with E-state index in [-0.39, 0.29) is 11.6 Å². The molecule has 0 spiro atoms. The number of amides is 1. The van der Waals surface area contributed by atoms with E-state index in [0.29, 0.717) is 23.6 Å². The first kappa shape index (κ1) is 18.5. The molecule has 0 saturated heterocycles. The summed E-state index contributed by atoms with van der Waals surface area (Å²) in [6.45, 7) is 4.10. The van der Waals surface area contributed by atoms with Crippen LogP contribution in [0.25, 0.3) is 0 Å². The fourth-order valence-corrected chi connectivity index (χ4v) is 3.22. The molecule has 1 N–H and O–H groups in total. The van der Waals surface area contributed by atoms with Crippen molar-refractivity contribution in [2.75, 3.05) is 0 Å². The number of nitro benzene ring substituents is 1. The minimum atomic E-state index is -0.456. The van der Waals surface area contributed by atoms with Gasteiger partial charge in [-0.3, -0.25) is 14.9 Å². The number of benzene rings is 2. The highest BCUT2D eigenvalue weighted by molar-refractivity contribution is 7.06. The standard InChI is InChI=1S/C19H17N3O4S/c1-12-18(13(2)27-21-12)19(23)20-11-14-3-7-16(8-4-14)26-17-9-5-15(6-10-17)22(24)25/h3-10H,11H2,1-2H3,(H,20,23). The van der Waals surface area contributed by atoms with Crippen LogP contribution in [-0.2, 0) is 6.54 Å². The Morgan fingerprint density at radius 1 is 1.11 bits per heavy atom. The van der Waals surface area contributed by atoms with E-state index < -0.39 is 4.92 Å². The average Bonchev–Trinajstić information content (AvgIpc) is 3.00. The highest BCUT2D eigenvalue weighted by Gasteiger charge is 2.15. The number of ether oxygens (including phenoxy) is 1. The lowest BCUT2D eigenvalue weighted by molar-refractivity contribution is -0.384. The van der Waals surface area contributed by atoms with E-state index in [4.69, 9.17) is 4.74 Å². The molecule has 0 aliphatic heterocycles. The molecular weight excluding hydrogens is 366 g/mol. The second-order valence-corrected chi connectivity index (χ2v) is 6.86. The summed E-state index contributed by atoms with van der Waals surface area (Å²) in [5, 5.41) is 13.6. The second-order valence-electron chi connectivity index (χ2n) is 5.88. The van der Waals surface area contributed by atoms with Gasteiger partial charge < -0.3 is 10.1 Å². The molecule has 1 heterocycles. The molecule has 0 aliphatic carbocycles. The monoisotopic (exact) mass is 383 g/mol. The number of nitrogens with zero attached hydrogens (tertiary/aromatic N) is 2. The quantitative estimate of drug-likeness (QED) is 0.503. The summed E-state index contributed by atoms with van der Waals surface area (Å²) in [5.41, 5.74) is 2.32. The molecule has 138 valence electrons. The van der Waals surface area contributed by atoms with Gasteiger partial charge in [0, 0.05) is 23.6 Å². The zero-order valence-electron chi connectivity index (χ0n) is 14.8. The lowest BCUT2D eigenvalue weighted by atomic mass is 10.2. The molecule has 0 fully saturated rings. The molecule has 3 rings (SSSR count). The molecule has 1 amide bonds. The molecule has 0 bridgehead atoms. The fraction of sp³-hybridized carbons (Fsp3) is 0.158. The molecule has 27 heavy (non-hydrogen) atoms. The summed E-state index contributed by atoms with van der Waals surface area (Å²) in [4.78, 5) is 23.4. The van der Waals surface area contributed by atoms with Gasteiger partial charge in [-0.15, -0.1) is 0 Å². The number of hydrogen-bond acceptors (Lipinski definition) is 6. The van der Waals surface area contributed by atoms with E-state index in [0.717, 1.165) is 16.1 Å². The number of nitrogens with one attached hydrogen (secondary N) is 1. The lowest BCUT2D eigenvalue weighted by Gasteiger charge is -2.08. The lowest BCUT2D eigenvalue weighted by Crippen LogP contribution is -2.23. The van der Waals surface area contributed by atoms with Gasteiger partial charge in [0.25, 0.3) is 11.6 Å². The van der Waals surface area contributed by atoms with E-state index in [9.17, 15) is 14.9 Å². The summed E-state index contributed by atoms with van der Waals surface area (Å²) in [5.74, 6) is 0.982. The number of carbonyl (C=O) groups is 1. The predicted molar refractivity (Wildman–Crippen MR) is 102 cm³/mol. The van der Waals surface area contributed by atoms with Crippen molar-refractivity contribution in [3.8, 4) is 11.5 Å². The minimum absolute atomic E-state index is 0.0136. The Morgan fingerprint density at radius 2 is 1.70 bits per heavy atom. The van der Waals surface area contributed by atoms with Gasteiger partial charge in [-0.25, -0.2) is 0 Å². The zero-order chi connectivity index (χ0) is 19.4. The fourth-order valence-electron chi connectivity index (χ4n) is 2.53. The van der Waals surface area contributed by atoms with Gasteiger partial charge >= 0.3 is 0 Å². The SMILES string of the molecule is Cc1nsc(C)c1C(=O)NCc1ccc(Oc2ccc([N+](=O)[O-])cc2)cc1. The van der Waals surface area contributed by atoms with Gasteiger partial charge in [-0.05, 0) is 55.2 Å². The number of nitro groups is 1. The molecule has 0 aliphatic rings. The Kier molecular flexibility index (Phi) is 5.46. The van der Waals surface area contributed by atoms with Crippen LogP contribution >= 0.6 is 11.5 Å². The maximum Gasteiger partial charge on any atom is 0.269 e. The van der Waals surface area contributed by atoms with Crippen LogP contribution in [-0.4, -0.2) is 15.2 Å². The van der Waals surface area contributed by atoms with Crippen LogP contribution in [0.3, 0.4) is 0 Å². The molecule has 0 unspecified atom stereocenters. The Hall–Kier alpha value is -3.26. The third kappa shape index (κ3) is 4.48. The average molecular weight is 383 g/mol. The van der Waals surface area contributed by atoms with E-state index in [1.54, 1.807) is 24.3 Å². The van der Waals surface area contributed by atoms with Crippen LogP contribution in [0.15, 0.2) is 48.5 Å². The normalized spacial score (nSPS) is 10.4. The van der Waals surface area contributed by atoms with Crippen molar-refractivity contribution >= 4 is 23.1 Å². The Bertz CT molecular complexity index is 946. The highest BCUT2D eigenvalue weighted by atomic mass is 32.1. The molecule has 0 radical (unpaired) electrons. The van der Waals surface area contributed by atoms with Crippen molar-refractivity contribution < 1.29 is 14.5 Å². The number of non-ortho nitro benzene ring substituents is 1. The van der Waals surface area contributed by atoms with Gasteiger partial charge in [0.05, 0.1) is 16.2 Å². The number of aryl methyl sites for hydroxylation is 2. The smallest absolute Gasteiger partial charge is 0.269 e. The zero-order valence-corrected chi connectivity index (χ0v) is 15.6. The van der Waals surface area contributed by atoms with Crippen molar-refractivity contribution in [3.63, 3.8) is 0 Å². The number of aromatic nitrogens is 1. The molecule has 0 atom stereocenters. The second kappa shape index (κ2) is 7.96. The van der Waals surface area contributed by atoms with Crippen molar-refractivity contribution in [2.45, 2.75) is 20.4 Å². The van der Waals surface area contributed by atoms with Crippen molar-refractivity contribution in [1.82, 2.24) is 9.69 Å². The molecule has 8 heteroatoms. The Balaban J connectivity index is 1.58. The topological polar surface area (TPSA) is 94.4 Å². The van der Waals surface area contributed by atoms with E-state index in [1.807, 2.05) is 26.0 Å². The van der Waals surface area contributed by atoms with Crippen LogP contribution in [0.2, 0.25) is 0 Å². The van der Waals surface area contributed by atoms with Crippen LogP contribution in [0.4, 0.5) is 5.69 Å². The van der Waals surface area contributed by atoms with Crippen LogP contribution in [0.1, 0.15) is 26.5 Å². The third-order valence-electron chi connectivity index (χ3n) is 3.92. The molecule has 3 aromatic rings. The first-order valence-electron chi connectivity index (χ1n) is 8.16. The maximum atomic E-state index is 12.3. The van der Waals surface area contributed by atoms with Crippen molar-refractivity contribution in [2.24, 2.45) is 0 Å². The van der Waals surface area contributed by atoms with Crippen molar-refractivity contribution in [1.29, 1.82) is 0 Å². The van der Waals surface area contributed by atoms with E-state index >= 15 is 0 Å². The van der Waals surface area contributed by atoms with Crippen molar-refractivity contribution in [3.05, 3.63) is 80.3 Å². The molecule has 0 saturated carbocycles. The van der Waals surface area contributed by atoms with Crippen LogP contribution in [0, 0.1) is 24.0 Å². The summed E-state index contributed by atoms with van der Waals surface area (Å²) < 4.78 is 9.85. The maximum absolute atomic E-state index is 12.3. The van der Waals surface area contributed by atoms with E-state index in [2.05, 4.69) is 9.69 Å². The Morgan fingerprint density at radius 3 is 2.22 bits per heavy atom. The number of carbonyl (C=O) groups excluding carboxylic acids is 1. The summed E-state index contributed by atoms with van der Waals surface area (Å²) in [7, 11) is 0. The molecule has 1 aromatic heterocycles. The predicted octanol–water partition coefficient (Wildman–Crippen LogP) is 4.39. The minimum Gasteiger partial charge on any atom is -0.457 e. The molecule has 2 aromatic carbocycles. The highest BCUT2D eigenvalue weighted by Crippen LogP contribution is 2.24. The summed E-state index contributed by atoms with van der Waals surface area (Å²) in [6, 6.07) is 13.2.